The largest absolute Gasteiger partial charge is 0.493 e. The number of benzene rings is 6. The molecule has 0 radical (unpaired) electrons. The molecule has 5 heterocycles. The van der Waals surface area contributed by atoms with Gasteiger partial charge in [0.2, 0.25) is 0 Å². The minimum Gasteiger partial charge on any atom is -0.493 e. The van der Waals surface area contributed by atoms with Crippen molar-refractivity contribution in [1.29, 1.82) is 0 Å². The van der Waals surface area contributed by atoms with E-state index in [1.54, 1.807) is 61.8 Å². The molecule has 83 heavy (non-hydrogen) atoms. The van der Waals surface area contributed by atoms with Gasteiger partial charge < -0.3 is 28.9 Å². The molecule has 0 atom stereocenters. The van der Waals surface area contributed by atoms with Crippen molar-refractivity contribution < 1.29 is 41.8 Å². The van der Waals surface area contributed by atoms with Gasteiger partial charge in [0, 0.05) is 97.2 Å². The Morgan fingerprint density at radius 2 is 0.880 bits per heavy atom. The van der Waals surface area contributed by atoms with Crippen molar-refractivity contribution in [2.75, 3.05) is 54.1 Å². The number of amides is 3. The summed E-state index contributed by atoms with van der Waals surface area (Å²) in [5, 5.41) is 23.8. The molecule has 0 aliphatic carbocycles. The molecule has 0 spiro atoms. The van der Waals surface area contributed by atoms with Gasteiger partial charge in [-0.15, -0.1) is 0 Å². The molecule has 0 saturated heterocycles. The second kappa shape index (κ2) is 26.2. The van der Waals surface area contributed by atoms with Crippen LogP contribution < -0.4 is 14.2 Å². The third-order valence-corrected chi connectivity index (χ3v) is 13.7. The normalized spacial score (nSPS) is 12.5. The number of fused-ring (bicyclic) bond motifs is 3. The van der Waals surface area contributed by atoms with E-state index in [0.29, 0.717) is 57.1 Å². The summed E-state index contributed by atoms with van der Waals surface area (Å²) in [6.07, 6.45) is 8.28. The minimum absolute atomic E-state index is 0.0450. The van der Waals surface area contributed by atoms with Gasteiger partial charge in [-0.2, -0.15) is 28.5 Å². The number of alkyl halides is 3. The average molecular weight is 1130 g/mol. The van der Waals surface area contributed by atoms with Crippen LogP contribution in [-0.4, -0.2) is 129 Å². The molecule has 3 aromatic heterocycles. The Balaban J connectivity index is 0.000000150. The smallest absolute Gasteiger partial charge is 0.419 e. The predicted molar refractivity (Wildman–Crippen MR) is 316 cm³/mol. The van der Waals surface area contributed by atoms with Crippen LogP contribution in [0.1, 0.15) is 85.2 Å². The number of hydrogen-bond donors (Lipinski definition) is 3. The van der Waals surface area contributed by atoms with Crippen molar-refractivity contribution in [2.45, 2.75) is 46.6 Å². The Kier molecular flexibility index (Phi) is 18.2. The number of allylic oxidation sites excluding steroid dienone is 2. The van der Waals surface area contributed by atoms with Gasteiger partial charge >= 0.3 is 6.18 Å². The molecule has 0 fully saturated rings. The lowest BCUT2D eigenvalue weighted by atomic mass is 10.0. The molecular weight excluding hydrogens is 1060 g/mol. The van der Waals surface area contributed by atoms with E-state index in [-0.39, 0.29) is 29.7 Å². The number of halogens is 3. The van der Waals surface area contributed by atoms with Crippen LogP contribution in [0.4, 0.5) is 13.2 Å². The monoisotopic (exact) mass is 1130 g/mol. The Morgan fingerprint density at radius 3 is 1.31 bits per heavy atom. The summed E-state index contributed by atoms with van der Waals surface area (Å²) in [4.78, 5) is 51.9. The number of ether oxygens (including phenoxy) is 3. The van der Waals surface area contributed by atoms with E-state index in [2.05, 4.69) is 40.6 Å². The van der Waals surface area contributed by atoms with Crippen LogP contribution in [0, 0.1) is 0 Å². The molecule has 0 saturated carbocycles. The van der Waals surface area contributed by atoms with E-state index < -0.39 is 17.6 Å². The minimum atomic E-state index is -4.54. The number of aromatic nitrogens is 6. The molecule has 2 aliphatic rings. The average Bonchev–Trinajstić information content (AvgIpc) is 4.49. The SMILES string of the molecule is CCOc1cc(C(=O)N(C)Cc2ccc3[nH]ncc3c2)ccc1C(F)(F)F.CCOc1cc(C(=O)N(C)Cc2ccc3[nH]ncc3c2)ccc1C1=CC=NC1.CCOc1cc(C(=O)N(C)Cc2ccc3cn[nH]c3c2)ccc1C1=CC=NC1. The highest BCUT2D eigenvalue weighted by Gasteiger charge is 2.35. The maximum atomic E-state index is 13.1. The highest BCUT2D eigenvalue weighted by atomic mass is 19.4. The first-order chi connectivity index (χ1) is 40.1. The summed E-state index contributed by atoms with van der Waals surface area (Å²) in [7, 11) is 5.21. The van der Waals surface area contributed by atoms with E-state index in [1.165, 1.54) is 11.0 Å². The van der Waals surface area contributed by atoms with Gasteiger partial charge in [-0.3, -0.25) is 39.7 Å². The third kappa shape index (κ3) is 14.0. The van der Waals surface area contributed by atoms with Gasteiger partial charge in [0.05, 0.1) is 73.6 Å². The van der Waals surface area contributed by atoms with Gasteiger partial charge in [-0.05, 0) is 134 Å². The molecule has 426 valence electrons. The molecule has 0 bridgehead atoms. The Morgan fingerprint density at radius 1 is 0.482 bits per heavy atom. The maximum Gasteiger partial charge on any atom is 0.419 e. The quantitative estimate of drug-likeness (QED) is 0.0794. The summed E-state index contributed by atoms with van der Waals surface area (Å²) in [5.41, 5.74) is 10.5. The number of carbonyl (C=O) groups excluding carboxylic acids is 3. The van der Waals surface area contributed by atoms with Crippen LogP contribution in [0.15, 0.2) is 150 Å². The van der Waals surface area contributed by atoms with E-state index in [4.69, 9.17) is 14.2 Å². The zero-order chi connectivity index (χ0) is 58.6. The molecule has 3 amide bonds. The predicted octanol–water partition coefficient (Wildman–Crippen LogP) is 11.7. The highest BCUT2D eigenvalue weighted by molar-refractivity contribution is 5.98. The number of carbonyl (C=O) groups is 3. The second-order valence-corrected chi connectivity index (χ2v) is 19.7. The molecule has 11 rings (SSSR count). The van der Waals surface area contributed by atoms with E-state index in [9.17, 15) is 27.6 Å². The van der Waals surface area contributed by atoms with Gasteiger partial charge in [-0.1, -0.05) is 36.4 Å². The fourth-order valence-corrected chi connectivity index (χ4v) is 9.56. The van der Waals surface area contributed by atoms with Crippen LogP contribution in [-0.2, 0) is 25.8 Å². The van der Waals surface area contributed by atoms with Crippen LogP contribution in [0.5, 0.6) is 17.2 Å². The van der Waals surface area contributed by atoms with Crippen molar-refractivity contribution in [3.8, 4) is 17.2 Å². The second-order valence-electron chi connectivity index (χ2n) is 19.7. The van der Waals surface area contributed by atoms with E-state index in [0.717, 1.165) is 95.3 Å². The lowest BCUT2D eigenvalue weighted by Crippen LogP contribution is -2.26. The van der Waals surface area contributed by atoms with E-state index in [1.807, 2.05) is 124 Å². The number of H-pyrrole nitrogens is 3. The van der Waals surface area contributed by atoms with Crippen molar-refractivity contribution >= 4 is 74.0 Å². The summed E-state index contributed by atoms with van der Waals surface area (Å²) in [6, 6.07) is 32.2. The topological polar surface area (TPSA) is 199 Å². The van der Waals surface area contributed by atoms with Gasteiger partial charge in [0.25, 0.3) is 17.7 Å². The first-order valence-electron chi connectivity index (χ1n) is 26.9. The molecule has 2 aliphatic heterocycles. The first kappa shape index (κ1) is 57.8. The lowest BCUT2D eigenvalue weighted by molar-refractivity contribution is -0.138. The van der Waals surface area contributed by atoms with Gasteiger partial charge in [-0.25, -0.2) is 0 Å². The summed E-state index contributed by atoms with van der Waals surface area (Å²) >= 11 is 0. The summed E-state index contributed by atoms with van der Waals surface area (Å²) < 4.78 is 55.9. The van der Waals surface area contributed by atoms with Crippen molar-refractivity contribution in [1.82, 2.24) is 45.3 Å². The van der Waals surface area contributed by atoms with E-state index >= 15 is 0 Å². The van der Waals surface area contributed by atoms with Crippen LogP contribution in [0.25, 0.3) is 43.9 Å². The van der Waals surface area contributed by atoms with Crippen molar-refractivity contribution in [3.05, 3.63) is 190 Å². The Labute approximate surface area is 477 Å². The zero-order valence-corrected chi connectivity index (χ0v) is 46.8. The fraction of sp³-hybridized carbons (Fsp3) is 0.238. The summed E-state index contributed by atoms with van der Waals surface area (Å²) in [6.45, 7) is 9.25. The zero-order valence-electron chi connectivity index (χ0n) is 46.8. The van der Waals surface area contributed by atoms with Gasteiger partial charge in [0.1, 0.15) is 17.2 Å². The molecule has 20 heteroatoms. The van der Waals surface area contributed by atoms with Crippen molar-refractivity contribution in [2.24, 2.45) is 9.98 Å². The highest BCUT2D eigenvalue weighted by Crippen LogP contribution is 2.37. The molecule has 17 nitrogen and oxygen atoms in total. The number of hydrogen-bond acceptors (Lipinski definition) is 11. The summed E-state index contributed by atoms with van der Waals surface area (Å²) in [5.74, 6) is 0.613. The number of aromatic amines is 3. The fourth-order valence-electron chi connectivity index (χ4n) is 9.56. The lowest BCUT2D eigenvalue weighted by Gasteiger charge is -2.19. The molecular formula is C63H62F3N11O6. The number of nitrogens with zero attached hydrogens (tertiary/aromatic N) is 8. The van der Waals surface area contributed by atoms with Gasteiger partial charge in [0.15, 0.2) is 0 Å². The Bertz CT molecular complexity index is 3760. The van der Waals surface area contributed by atoms with Crippen molar-refractivity contribution in [3.63, 3.8) is 0 Å². The van der Waals surface area contributed by atoms with Crippen LogP contribution >= 0.6 is 0 Å². The number of aliphatic imine (C=N–C) groups is 2. The Hall–Kier alpha value is -9.85. The molecule has 6 aromatic carbocycles. The number of nitrogens with one attached hydrogen (secondary N) is 3. The van der Waals surface area contributed by atoms with Crippen LogP contribution in [0.2, 0.25) is 0 Å². The molecule has 0 unspecified atom stereocenters. The third-order valence-electron chi connectivity index (χ3n) is 13.7. The van der Waals surface area contributed by atoms with Crippen LogP contribution in [0.3, 0.4) is 0 Å². The molecule has 3 N–H and O–H groups in total. The number of rotatable bonds is 17. The first-order valence-corrected chi connectivity index (χ1v) is 26.9. The maximum absolute atomic E-state index is 13.1. The standard InChI is InChI=1S/2C22H22N4O2.C19H18F3N3O2/c1-3-28-21-11-16(5-6-19(21)17-8-9-23-12-17)22(27)26(2)14-15-4-7-20-18(10-15)13-24-25-20;1-3-28-21-11-16(6-7-19(21)17-8-9-23-12-17)22(27)26(2)14-15-4-5-18-13-24-25-20(18)10-15;1-3-27-17-9-13(5-6-15(17)19(20,21)22)18(26)25(2)11-12-4-7-16-14(8-12)10-23-24-16/h2*4-11,13H,3,12,14H2,1-2H3,(H,24,25);4-10H,3,11H2,1-2H3,(H,23,24). The molecule has 9 aromatic rings.